The summed E-state index contributed by atoms with van der Waals surface area (Å²) in [5, 5.41) is 0. The second kappa shape index (κ2) is 19.0. The molecule has 0 fully saturated rings. The van der Waals surface area contributed by atoms with Gasteiger partial charge in [0.2, 0.25) is 0 Å². The second-order valence-corrected chi connectivity index (χ2v) is 0.647. The summed E-state index contributed by atoms with van der Waals surface area (Å²) in [4.78, 5) is 0. The van der Waals surface area contributed by atoms with Gasteiger partial charge < -0.3 is 0 Å². The molecule has 1 radical (unpaired) electrons. The quantitative estimate of drug-likeness (QED) is 0.632. The van der Waals surface area contributed by atoms with E-state index in [0.717, 1.165) is 0 Å². The van der Waals surface area contributed by atoms with Crippen molar-refractivity contribution in [2.75, 3.05) is 0 Å². The van der Waals surface area contributed by atoms with Crippen molar-refractivity contribution in [3.63, 3.8) is 0 Å². The summed E-state index contributed by atoms with van der Waals surface area (Å²) in [5.41, 5.74) is 0. The van der Waals surface area contributed by atoms with Crippen LogP contribution in [0.25, 0.3) is 0 Å². The zero-order valence-corrected chi connectivity index (χ0v) is 6.04. The van der Waals surface area contributed by atoms with Crippen LogP contribution in [0.5, 0.6) is 0 Å². The van der Waals surface area contributed by atoms with Gasteiger partial charge in [-0.3, -0.25) is 0 Å². The van der Waals surface area contributed by atoms with E-state index in [1.807, 2.05) is 3.98 Å². The van der Waals surface area contributed by atoms with Crippen LogP contribution in [-0.4, -0.2) is 0 Å². The molecular weight excluding hydrogens is 294 g/mol. The summed E-state index contributed by atoms with van der Waals surface area (Å²) in [6.07, 6.45) is 0. The normalized spacial score (nSPS) is 3.80. The average Bonchev–Trinajstić information content (AvgIpc) is 0.918. The molecule has 0 saturated carbocycles. The van der Waals surface area contributed by atoms with E-state index < -0.39 is 0 Å². The molecule has 0 aromatic heterocycles. The number of hydrogen-bond donors (Lipinski definition) is 1. The molecule has 0 amide bonds. The fourth-order valence-corrected chi connectivity index (χ4v) is 0. The Morgan fingerprint density at radius 3 is 1.40 bits per heavy atom. The molecule has 0 heterocycles. The molecule has 5 heteroatoms. The Kier molecular flexibility index (Phi) is 62.3. The summed E-state index contributed by atoms with van der Waals surface area (Å²) >= 11 is 1.69. The molecule has 0 spiro atoms. The minimum absolute atomic E-state index is 0. The van der Waals surface area contributed by atoms with E-state index >= 15 is 0 Å². The van der Waals surface area contributed by atoms with E-state index in [-0.39, 0.29) is 24.8 Å². The van der Waals surface area contributed by atoms with E-state index in [9.17, 15) is 0 Å². The summed E-state index contributed by atoms with van der Waals surface area (Å²) in [5.74, 6) is 5.95. The molecule has 0 aliphatic carbocycles. The van der Waals surface area contributed by atoms with Crippen molar-refractivity contribution in [3.05, 3.63) is 0 Å². The van der Waals surface area contributed by atoms with Crippen LogP contribution < -0.4 is 9.83 Å². The molecule has 0 aliphatic rings. The van der Waals surface area contributed by atoms with Gasteiger partial charge in [0, 0.05) is 0 Å². The van der Waals surface area contributed by atoms with Gasteiger partial charge in [-0.15, -0.1) is 24.8 Å². The summed E-state index contributed by atoms with van der Waals surface area (Å²) in [6, 6.07) is 0. The van der Waals surface area contributed by atoms with Crippen LogP contribution in [0.1, 0.15) is 0 Å². The van der Waals surface area contributed by atoms with Crippen LogP contribution >= 0.6 is 24.8 Å². The summed E-state index contributed by atoms with van der Waals surface area (Å²) < 4.78 is 1.97. The molecular formula is H4Cl2N2Pt. The Balaban J connectivity index is -0.0000000200. The van der Waals surface area contributed by atoms with Crippen molar-refractivity contribution in [1.29, 1.82) is 0 Å². The fraction of sp³-hybridized carbons (Fsp3) is 0. The molecule has 5 heavy (non-hydrogen) atoms. The predicted octanol–water partition coefficient (Wildman–Crippen LogP) is 0.0793. The summed E-state index contributed by atoms with van der Waals surface area (Å²) in [7, 11) is 0. The first-order valence-corrected chi connectivity index (χ1v) is 1.54. The van der Waals surface area contributed by atoms with Crippen LogP contribution in [0.2, 0.25) is 0 Å². The minimum atomic E-state index is 0. The molecule has 0 saturated heterocycles. The van der Waals surface area contributed by atoms with E-state index in [2.05, 4.69) is 0 Å². The topological polar surface area (TPSA) is 35.8 Å². The molecule has 0 unspecified atom stereocenters. The molecule has 0 atom stereocenters. The average molecular weight is 298 g/mol. The van der Waals surface area contributed by atoms with Crippen LogP contribution in [-0.2, 0) is 20.1 Å². The number of rotatable bonds is 0. The van der Waals surface area contributed by atoms with E-state index in [0.29, 0.717) is 0 Å². The van der Waals surface area contributed by atoms with Gasteiger partial charge >= 0.3 is 29.9 Å². The first-order valence-electron chi connectivity index (χ1n) is 0.408. The Labute approximate surface area is 54.9 Å². The monoisotopic (exact) mass is 297 g/mol. The fourth-order valence-electron chi connectivity index (χ4n) is 0. The van der Waals surface area contributed by atoms with Crippen molar-refractivity contribution in [3.8, 4) is 0 Å². The third kappa shape index (κ3) is 37.3. The second-order valence-electron chi connectivity index (χ2n) is 0.0791. The molecule has 0 aliphatic heterocycles. The van der Waals surface area contributed by atoms with Gasteiger partial charge in [0.25, 0.3) is 0 Å². The Bertz CT molecular complexity index is 7.61. The van der Waals surface area contributed by atoms with Gasteiger partial charge in [0.1, 0.15) is 0 Å². The van der Waals surface area contributed by atoms with Gasteiger partial charge in [-0.05, 0) is 0 Å². The Morgan fingerprint density at radius 2 is 1.40 bits per heavy atom. The molecule has 0 aromatic carbocycles. The van der Waals surface area contributed by atoms with Crippen molar-refractivity contribution in [1.82, 2.24) is 9.83 Å². The van der Waals surface area contributed by atoms with Crippen molar-refractivity contribution in [2.45, 2.75) is 0 Å². The van der Waals surface area contributed by atoms with Gasteiger partial charge in [-0.1, -0.05) is 0 Å². The van der Waals surface area contributed by atoms with Crippen LogP contribution in [0, 0.1) is 0 Å². The number of hydrogen-bond acceptors (Lipinski definition) is 1. The standard InChI is InChI=1S/2ClH.H2N2.Pt/c;;1-2;/h2*1H;1-2H;/q;;-1;+1. The first kappa shape index (κ1) is 16.4. The molecule has 0 aromatic rings. The third-order valence-electron chi connectivity index (χ3n) is 0. The number of nitrogens with one attached hydrogen (secondary N) is 2. The third-order valence-corrected chi connectivity index (χ3v) is 0. The first-order chi connectivity index (χ1) is 1.41. The maximum atomic E-state index is 5.95. The van der Waals surface area contributed by atoms with Crippen LogP contribution in [0.15, 0.2) is 0 Å². The Hall–Kier alpha value is 1.19. The van der Waals surface area contributed by atoms with Gasteiger partial charge in [-0.25, -0.2) is 0 Å². The van der Waals surface area contributed by atoms with E-state index in [1.165, 1.54) is 0 Å². The maximum absolute atomic E-state index is 5.95. The van der Waals surface area contributed by atoms with Crippen molar-refractivity contribution >= 4 is 24.8 Å². The molecule has 0 rings (SSSR count). The molecule has 2 N–H and O–H groups in total. The zero-order valence-electron chi connectivity index (χ0n) is 2.13. The van der Waals surface area contributed by atoms with E-state index in [1.54, 1.807) is 20.1 Å². The van der Waals surface area contributed by atoms with Crippen LogP contribution in [0.3, 0.4) is 0 Å². The Morgan fingerprint density at radius 1 is 1.40 bits per heavy atom. The van der Waals surface area contributed by atoms with Crippen molar-refractivity contribution in [2.24, 2.45) is 0 Å². The zero-order chi connectivity index (χ0) is 2.71. The van der Waals surface area contributed by atoms with Gasteiger partial charge in [-0.2, -0.15) is 0 Å². The predicted molar refractivity (Wildman–Crippen MR) is 20.7 cm³/mol. The SMILES string of the molecule is Cl.Cl.[NH][NH][Pt]. The van der Waals surface area contributed by atoms with Gasteiger partial charge in [0.05, 0.1) is 0 Å². The van der Waals surface area contributed by atoms with Gasteiger partial charge in [0.15, 0.2) is 0 Å². The van der Waals surface area contributed by atoms with Crippen molar-refractivity contribution < 1.29 is 20.1 Å². The number of halogens is 2. The molecule has 2 nitrogen and oxygen atoms in total. The van der Waals surface area contributed by atoms with Crippen LogP contribution in [0.4, 0.5) is 0 Å². The summed E-state index contributed by atoms with van der Waals surface area (Å²) in [6.45, 7) is 0. The van der Waals surface area contributed by atoms with E-state index in [4.69, 9.17) is 5.84 Å². The molecule has 38 valence electrons. The molecule has 0 bridgehead atoms.